The van der Waals surface area contributed by atoms with E-state index in [1.807, 2.05) is 0 Å². The van der Waals surface area contributed by atoms with Gasteiger partial charge in [0.25, 0.3) is 0 Å². The number of hydrogen-bond acceptors (Lipinski definition) is 3. The van der Waals surface area contributed by atoms with E-state index in [0.29, 0.717) is 0 Å². The third-order valence-corrected chi connectivity index (χ3v) is 2.13. The summed E-state index contributed by atoms with van der Waals surface area (Å²) in [5.41, 5.74) is 0. The zero-order valence-electron chi connectivity index (χ0n) is 9.17. The molecule has 0 spiro atoms. The van der Waals surface area contributed by atoms with Crippen LogP contribution in [0.25, 0.3) is 0 Å². The average Bonchev–Trinajstić information content (AvgIpc) is 2.02. The topological polar surface area (TPSA) is 9.72 Å². The molecule has 0 heterocycles. The third kappa shape index (κ3) is 5.52. The van der Waals surface area contributed by atoms with E-state index in [9.17, 15) is 0 Å². The Balaban J connectivity index is 3.37. The number of nitrogens with zero attached hydrogens (tertiary/aromatic N) is 3. The van der Waals surface area contributed by atoms with Gasteiger partial charge in [-0.05, 0) is 27.1 Å². The molecule has 0 radical (unpaired) electrons. The molecule has 0 aliphatic carbocycles. The highest BCUT2D eigenvalue weighted by Gasteiger charge is 2.02. The molecule has 0 aromatic rings. The molecule has 0 amide bonds. The Bertz CT molecular complexity index is 104. The summed E-state index contributed by atoms with van der Waals surface area (Å²) in [6, 6.07) is 0. The molecule has 0 aliphatic rings. The molecule has 0 rings (SSSR count). The quantitative estimate of drug-likeness (QED) is 0.548. The Morgan fingerprint density at radius 1 is 0.833 bits per heavy atom. The van der Waals surface area contributed by atoms with Crippen LogP contribution in [0.1, 0.15) is 13.3 Å². The van der Waals surface area contributed by atoms with E-state index >= 15 is 0 Å². The Hall–Kier alpha value is -0.120. The van der Waals surface area contributed by atoms with Crippen molar-refractivity contribution < 1.29 is 0 Å². The maximum Gasteiger partial charge on any atom is 0.0142 e. The first-order chi connectivity index (χ1) is 5.57. The van der Waals surface area contributed by atoms with Gasteiger partial charge < -0.3 is 4.90 Å². The minimum atomic E-state index is 1.08. The first-order valence-electron chi connectivity index (χ1n) is 4.64. The lowest BCUT2D eigenvalue weighted by Gasteiger charge is -2.27. The molecule has 0 bridgehead atoms. The van der Waals surface area contributed by atoms with Crippen molar-refractivity contribution in [2.75, 3.05) is 47.8 Å². The first-order valence-corrected chi connectivity index (χ1v) is 4.64. The van der Waals surface area contributed by atoms with Gasteiger partial charge in [-0.2, -0.15) is 0 Å². The summed E-state index contributed by atoms with van der Waals surface area (Å²) in [5, 5.41) is 4.50. The van der Waals surface area contributed by atoms with Crippen molar-refractivity contribution in [2.24, 2.45) is 0 Å². The van der Waals surface area contributed by atoms with Crippen molar-refractivity contribution in [3.05, 3.63) is 0 Å². The van der Waals surface area contributed by atoms with Crippen LogP contribution in [0, 0.1) is 0 Å². The van der Waals surface area contributed by atoms with Gasteiger partial charge >= 0.3 is 0 Å². The molecule has 0 aromatic carbocycles. The van der Waals surface area contributed by atoms with Gasteiger partial charge in [-0.25, -0.2) is 10.0 Å². The molecule has 0 unspecified atom stereocenters. The fourth-order valence-corrected chi connectivity index (χ4v) is 1.03. The molecule has 0 aliphatic heterocycles. The summed E-state index contributed by atoms with van der Waals surface area (Å²) >= 11 is 0. The summed E-state index contributed by atoms with van der Waals surface area (Å²) in [4.78, 5) is 2.22. The van der Waals surface area contributed by atoms with E-state index in [1.54, 1.807) is 0 Å². The van der Waals surface area contributed by atoms with Gasteiger partial charge in [0.05, 0.1) is 0 Å². The van der Waals surface area contributed by atoms with E-state index in [1.165, 1.54) is 13.0 Å². The van der Waals surface area contributed by atoms with Gasteiger partial charge in [0, 0.05) is 27.2 Å². The molecule has 0 aromatic heterocycles. The summed E-state index contributed by atoms with van der Waals surface area (Å²) in [6.45, 7) is 5.56. The largest absolute Gasteiger partial charge is 0.309 e. The predicted octanol–water partition coefficient (Wildman–Crippen LogP) is 0.737. The zero-order chi connectivity index (χ0) is 9.56. The number of hydrazine groups is 1. The third-order valence-electron chi connectivity index (χ3n) is 2.13. The summed E-state index contributed by atoms with van der Waals surface area (Å²) in [5.74, 6) is 0. The molecular formula is C9H23N3. The second kappa shape index (κ2) is 6.40. The summed E-state index contributed by atoms with van der Waals surface area (Å²) < 4.78 is 0. The van der Waals surface area contributed by atoms with Crippen LogP contribution in [0.15, 0.2) is 0 Å². The Morgan fingerprint density at radius 2 is 1.42 bits per heavy atom. The maximum atomic E-state index is 2.27. The van der Waals surface area contributed by atoms with Gasteiger partial charge in [-0.3, -0.25) is 0 Å². The first kappa shape index (κ1) is 11.9. The van der Waals surface area contributed by atoms with Crippen molar-refractivity contribution in [1.29, 1.82) is 0 Å². The molecule has 0 N–H and O–H groups in total. The molecule has 0 saturated carbocycles. The second-order valence-electron chi connectivity index (χ2n) is 3.51. The van der Waals surface area contributed by atoms with Crippen LogP contribution in [0.3, 0.4) is 0 Å². The Morgan fingerprint density at radius 3 is 1.83 bits per heavy atom. The van der Waals surface area contributed by atoms with Crippen LogP contribution in [-0.4, -0.2) is 62.7 Å². The number of rotatable bonds is 6. The minimum Gasteiger partial charge on any atom is -0.309 e. The highest BCUT2D eigenvalue weighted by atomic mass is 15.6. The molecule has 3 nitrogen and oxygen atoms in total. The molecular weight excluding hydrogens is 150 g/mol. The summed E-state index contributed by atoms with van der Waals surface area (Å²) in [6.07, 6.45) is 1.23. The average molecular weight is 173 g/mol. The van der Waals surface area contributed by atoms with Crippen molar-refractivity contribution in [3.8, 4) is 0 Å². The standard InChI is InChI=1S/C9H23N3/c1-6-11(4)12(5)9-7-8-10(2)3/h6-9H2,1-5H3. The molecule has 0 fully saturated rings. The van der Waals surface area contributed by atoms with Gasteiger partial charge in [0.2, 0.25) is 0 Å². The molecule has 74 valence electrons. The van der Waals surface area contributed by atoms with Crippen LogP contribution in [0.4, 0.5) is 0 Å². The van der Waals surface area contributed by atoms with Crippen molar-refractivity contribution in [3.63, 3.8) is 0 Å². The van der Waals surface area contributed by atoms with Gasteiger partial charge in [0.1, 0.15) is 0 Å². The minimum absolute atomic E-state index is 1.08. The van der Waals surface area contributed by atoms with Crippen molar-refractivity contribution in [1.82, 2.24) is 14.9 Å². The van der Waals surface area contributed by atoms with Crippen LogP contribution in [0.2, 0.25) is 0 Å². The molecule has 0 saturated heterocycles. The van der Waals surface area contributed by atoms with E-state index < -0.39 is 0 Å². The van der Waals surface area contributed by atoms with Crippen LogP contribution < -0.4 is 0 Å². The van der Waals surface area contributed by atoms with Gasteiger partial charge in [-0.1, -0.05) is 6.92 Å². The maximum absolute atomic E-state index is 2.27. The highest BCUT2D eigenvalue weighted by Crippen LogP contribution is 1.92. The van der Waals surface area contributed by atoms with Crippen LogP contribution in [0.5, 0.6) is 0 Å². The van der Waals surface area contributed by atoms with Gasteiger partial charge in [-0.15, -0.1) is 0 Å². The zero-order valence-corrected chi connectivity index (χ0v) is 9.17. The van der Waals surface area contributed by atoms with Gasteiger partial charge in [0.15, 0.2) is 0 Å². The normalized spacial score (nSPS) is 12.0. The Kier molecular flexibility index (Phi) is 6.34. The van der Waals surface area contributed by atoms with Crippen LogP contribution in [-0.2, 0) is 0 Å². The van der Waals surface area contributed by atoms with Crippen molar-refractivity contribution in [2.45, 2.75) is 13.3 Å². The smallest absolute Gasteiger partial charge is 0.0142 e. The SMILES string of the molecule is CCN(C)N(C)CCCN(C)C. The van der Waals surface area contributed by atoms with Crippen molar-refractivity contribution >= 4 is 0 Å². The lowest BCUT2D eigenvalue weighted by molar-refractivity contribution is 0.0302. The molecule has 3 heteroatoms. The van der Waals surface area contributed by atoms with E-state index in [2.05, 4.69) is 50.0 Å². The summed E-state index contributed by atoms with van der Waals surface area (Å²) in [7, 11) is 8.49. The molecule has 0 atom stereocenters. The second-order valence-corrected chi connectivity index (χ2v) is 3.51. The monoisotopic (exact) mass is 173 g/mol. The number of hydrogen-bond donors (Lipinski definition) is 0. The Labute approximate surface area is 76.9 Å². The predicted molar refractivity (Wildman–Crippen MR) is 54.1 cm³/mol. The highest BCUT2D eigenvalue weighted by molar-refractivity contribution is 4.50. The fourth-order valence-electron chi connectivity index (χ4n) is 1.03. The lowest BCUT2D eigenvalue weighted by atomic mass is 10.4. The van der Waals surface area contributed by atoms with E-state index in [4.69, 9.17) is 0 Å². The fraction of sp³-hybridized carbons (Fsp3) is 1.00. The van der Waals surface area contributed by atoms with E-state index in [-0.39, 0.29) is 0 Å². The van der Waals surface area contributed by atoms with E-state index in [0.717, 1.165) is 13.1 Å². The van der Waals surface area contributed by atoms with Crippen LogP contribution >= 0.6 is 0 Å². The molecule has 12 heavy (non-hydrogen) atoms. The lowest BCUT2D eigenvalue weighted by Crippen LogP contribution is -2.37.